The molecule has 0 spiro atoms. The van der Waals surface area contributed by atoms with Crippen LogP contribution in [-0.4, -0.2) is 10.3 Å². The molecule has 0 N–H and O–H groups in total. The number of rotatable bonds is 2. The van der Waals surface area contributed by atoms with Crippen LogP contribution in [0, 0.1) is 24.2 Å². The highest BCUT2D eigenvalue weighted by Crippen LogP contribution is 2.64. The minimum absolute atomic E-state index is 0.00396. The van der Waals surface area contributed by atoms with Gasteiger partial charge < -0.3 is 4.74 Å². The number of hydrogen-bond donors (Lipinski definition) is 0. The van der Waals surface area contributed by atoms with E-state index in [1.54, 1.807) is 0 Å². The number of carbonyl (C=O) groups is 1. The van der Waals surface area contributed by atoms with Crippen LogP contribution in [0.25, 0.3) is 0 Å². The Morgan fingerprint density at radius 1 is 1.14 bits per heavy atom. The zero-order chi connectivity index (χ0) is 14.7. The SMILES string of the molecule is Cc1ccc(OC(=O)C23C[C@@H]4C[C@@H](CC(Br)(C4)C2)C3)cc1. The van der Waals surface area contributed by atoms with Gasteiger partial charge in [-0.15, -0.1) is 0 Å². The maximum atomic E-state index is 12.9. The Hall–Kier alpha value is -0.830. The Labute approximate surface area is 134 Å². The molecule has 4 atom stereocenters. The molecule has 4 bridgehead atoms. The Morgan fingerprint density at radius 3 is 2.33 bits per heavy atom. The van der Waals surface area contributed by atoms with E-state index < -0.39 is 0 Å². The molecule has 4 aliphatic carbocycles. The monoisotopic (exact) mass is 348 g/mol. The summed E-state index contributed by atoms with van der Waals surface area (Å²) in [5.41, 5.74) is 0.947. The van der Waals surface area contributed by atoms with E-state index in [9.17, 15) is 4.79 Å². The molecule has 3 heteroatoms. The first-order valence-electron chi connectivity index (χ1n) is 7.94. The van der Waals surface area contributed by atoms with Crippen LogP contribution < -0.4 is 4.74 Å². The molecule has 1 aromatic rings. The van der Waals surface area contributed by atoms with Crippen molar-refractivity contribution in [3.63, 3.8) is 0 Å². The average Bonchev–Trinajstić information content (AvgIpc) is 2.38. The highest BCUT2D eigenvalue weighted by Gasteiger charge is 2.60. The van der Waals surface area contributed by atoms with Crippen LogP contribution >= 0.6 is 15.9 Å². The van der Waals surface area contributed by atoms with Crippen molar-refractivity contribution in [3.05, 3.63) is 29.8 Å². The molecule has 5 rings (SSSR count). The van der Waals surface area contributed by atoms with Crippen molar-refractivity contribution < 1.29 is 9.53 Å². The van der Waals surface area contributed by atoms with E-state index >= 15 is 0 Å². The van der Waals surface area contributed by atoms with Crippen molar-refractivity contribution in [2.24, 2.45) is 17.3 Å². The van der Waals surface area contributed by atoms with Crippen LogP contribution in [0.2, 0.25) is 0 Å². The van der Waals surface area contributed by atoms with Gasteiger partial charge in [-0.25, -0.2) is 0 Å². The molecule has 2 nitrogen and oxygen atoms in total. The van der Waals surface area contributed by atoms with E-state index in [0.717, 1.165) is 19.3 Å². The second-order valence-corrected chi connectivity index (χ2v) is 9.28. The van der Waals surface area contributed by atoms with Gasteiger partial charge in [0.05, 0.1) is 5.41 Å². The number of ether oxygens (including phenoxy) is 1. The number of hydrogen-bond acceptors (Lipinski definition) is 2. The van der Waals surface area contributed by atoms with Gasteiger partial charge in [0.1, 0.15) is 5.75 Å². The van der Waals surface area contributed by atoms with Gasteiger partial charge in [-0.3, -0.25) is 4.79 Å². The molecule has 1 aromatic carbocycles. The van der Waals surface area contributed by atoms with Crippen LogP contribution in [0.1, 0.15) is 44.1 Å². The third-order valence-corrected chi connectivity index (χ3v) is 6.58. The summed E-state index contributed by atoms with van der Waals surface area (Å²) in [4.78, 5) is 12.9. The fourth-order valence-electron chi connectivity index (χ4n) is 5.21. The standard InChI is InChI=1S/C18H21BrO2/c1-12-2-4-15(5-3-12)21-16(20)17-7-13-6-14(8-17)10-18(19,9-13)11-17/h2-5,13-14H,6-11H2,1H3/t13-,14+,17?,18?. The van der Waals surface area contributed by atoms with E-state index in [0.29, 0.717) is 17.6 Å². The number of benzene rings is 1. The highest BCUT2D eigenvalue weighted by molar-refractivity contribution is 9.10. The topological polar surface area (TPSA) is 26.3 Å². The van der Waals surface area contributed by atoms with Crippen molar-refractivity contribution in [2.75, 3.05) is 0 Å². The second kappa shape index (κ2) is 4.58. The lowest BCUT2D eigenvalue weighted by Crippen LogP contribution is -2.56. The minimum atomic E-state index is -0.238. The molecule has 0 aliphatic heterocycles. The fraction of sp³-hybridized carbons (Fsp3) is 0.611. The lowest BCUT2D eigenvalue weighted by atomic mass is 9.49. The lowest BCUT2D eigenvalue weighted by molar-refractivity contribution is -0.159. The van der Waals surface area contributed by atoms with Crippen molar-refractivity contribution in [1.82, 2.24) is 0 Å². The molecule has 4 saturated carbocycles. The van der Waals surface area contributed by atoms with E-state index in [1.807, 2.05) is 31.2 Å². The van der Waals surface area contributed by atoms with Crippen LogP contribution in [0.4, 0.5) is 0 Å². The van der Waals surface area contributed by atoms with Crippen molar-refractivity contribution in [1.29, 1.82) is 0 Å². The normalized spacial score (nSPS) is 40.3. The minimum Gasteiger partial charge on any atom is -0.426 e. The van der Waals surface area contributed by atoms with Gasteiger partial charge in [0.25, 0.3) is 0 Å². The van der Waals surface area contributed by atoms with Gasteiger partial charge in [-0.2, -0.15) is 0 Å². The van der Waals surface area contributed by atoms with E-state index in [2.05, 4.69) is 15.9 Å². The summed E-state index contributed by atoms with van der Waals surface area (Å²) >= 11 is 3.95. The Balaban J connectivity index is 1.57. The van der Waals surface area contributed by atoms with Gasteiger partial charge in [-0.1, -0.05) is 33.6 Å². The Bertz CT molecular complexity index is 563. The molecule has 0 saturated heterocycles. The Morgan fingerprint density at radius 2 is 1.76 bits per heavy atom. The average molecular weight is 349 g/mol. The number of aryl methyl sites for hydroxylation is 1. The maximum Gasteiger partial charge on any atom is 0.317 e. The smallest absolute Gasteiger partial charge is 0.317 e. The zero-order valence-electron chi connectivity index (χ0n) is 12.4. The Kier molecular flexibility index (Phi) is 3.01. The molecule has 4 aliphatic rings. The summed E-state index contributed by atoms with van der Waals surface area (Å²) in [5, 5.41) is 0. The van der Waals surface area contributed by atoms with Crippen molar-refractivity contribution in [3.8, 4) is 5.75 Å². The summed E-state index contributed by atoms with van der Waals surface area (Å²) < 4.78 is 5.94. The first-order valence-corrected chi connectivity index (χ1v) is 8.74. The van der Waals surface area contributed by atoms with Crippen LogP contribution in [0.3, 0.4) is 0 Å². The predicted molar refractivity (Wildman–Crippen MR) is 85.6 cm³/mol. The third-order valence-electron chi connectivity index (χ3n) is 5.65. The number of alkyl halides is 1. The van der Waals surface area contributed by atoms with Gasteiger partial charge in [0.15, 0.2) is 0 Å². The molecular weight excluding hydrogens is 328 g/mol. The van der Waals surface area contributed by atoms with Crippen molar-refractivity contribution >= 4 is 21.9 Å². The number of esters is 1. The molecule has 0 radical (unpaired) electrons. The van der Waals surface area contributed by atoms with Crippen LogP contribution in [0.5, 0.6) is 5.75 Å². The molecular formula is C18H21BrO2. The fourth-order valence-corrected chi connectivity index (χ4v) is 6.66. The summed E-state index contributed by atoms with van der Waals surface area (Å²) in [5.74, 6) is 2.10. The molecule has 0 heterocycles. The van der Waals surface area contributed by atoms with E-state index in [1.165, 1.54) is 24.8 Å². The summed E-state index contributed by atoms with van der Waals surface area (Å²) in [6, 6.07) is 7.79. The summed E-state index contributed by atoms with van der Waals surface area (Å²) in [6.07, 6.45) is 6.81. The van der Waals surface area contributed by atoms with E-state index in [4.69, 9.17) is 4.74 Å². The third kappa shape index (κ3) is 2.34. The molecule has 0 amide bonds. The van der Waals surface area contributed by atoms with Crippen molar-refractivity contribution in [2.45, 2.75) is 49.8 Å². The highest BCUT2D eigenvalue weighted by atomic mass is 79.9. The molecule has 0 aromatic heterocycles. The van der Waals surface area contributed by atoms with Gasteiger partial charge in [0.2, 0.25) is 0 Å². The first kappa shape index (κ1) is 13.8. The van der Waals surface area contributed by atoms with Gasteiger partial charge in [0, 0.05) is 4.32 Å². The van der Waals surface area contributed by atoms with Gasteiger partial charge in [-0.05, 0) is 69.4 Å². The molecule has 112 valence electrons. The largest absolute Gasteiger partial charge is 0.426 e. The first-order chi connectivity index (χ1) is 9.96. The number of halogens is 1. The maximum absolute atomic E-state index is 12.9. The predicted octanol–water partition coefficient (Wildman–Crippen LogP) is 4.63. The molecule has 21 heavy (non-hydrogen) atoms. The summed E-state index contributed by atoms with van der Waals surface area (Å²) in [7, 11) is 0. The quantitative estimate of drug-likeness (QED) is 0.442. The number of carbonyl (C=O) groups excluding carboxylic acids is 1. The zero-order valence-corrected chi connectivity index (χ0v) is 14.0. The second-order valence-electron chi connectivity index (χ2n) is 7.59. The van der Waals surface area contributed by atoms with Crippen LogP contribution in [-0.2, 0) is 4.79 Å². The van der Waals surface area contributed by atoms with Crippen LogP contribution in [0.15, 0.2) is 24.3 Å². The van der Waals surface area contributed by atoms with Gasteiger partial charge >= 0.3 is 5.97 Å². The summed E-state index contributed by atoms with van der Waals surface area (Å²) in [6.45, 7) is 2.04. The van der Waals surface area contributed by atoms with E-state index in [-0.39, 0.29) is 15.7 Å². The molecule has 4 fully saturated rings. The lowest BCUT2D eigenvalue weighted by Gasteiger charge is -2.58. The molecule has 2 unspecified atom stereocenters.